The Bertz CT molecular complexity index is 851. The maximum atomic E-state index is 11.1. The number of ether oxygens (including phenoxy) is 6. The van der Waals surface area contributed by atoms with E-state index in [0.29, 0.717) is 0 Å². The third-order valence-electron chi connectivity index (χ3n) is 8.33. The third-order valence-corrected chi connectivity index (χ3v) is 8.33. The Morgan fingerprint density at radius 1 is 0.561 bits per heavy atom. The first kappa shape index (κ1) is 33.2. The molecule has 0 spiro atoms. The van der Waals surface area contributed by atoms with Gasteiger partial charge in [0.1, 0.15) is 61.0 Å². The fourth-order valence-electron chi connectivity index (χ4n) is 5.72. The van der Waals surface area contributed by atoms with Gasteiger partial charge in [0.2, 0.25) is 0 Å². The average Bonchev–Trinajstić information content (AvgIpc) is 3.20. The van der Waals surface area contributed by atoms with Gasteiger partial charge in [0.05, 0.1) is 24.3 Å². The van der Waals surface area contributed by atoms with E-state index >= 15 is 0 Å². The van der Waals surface area contributed by atoms with E-state index in [9.17, 15) is 30.6 Å². The van der Waals surface area contributed by atoms with Crippen LogP contribution in [0.1, 0.15) is 13.3 Å². The molecule has 18 heteroatoms. The Morgan fingerprint density at radius 3 is 1.51 bits per heavy atom. The van der Waals surface area contributed by atoms with Gasteiger partial charge in [-0.3, -0.25) is 0 Å². The van der Waals surface area contributed by atoms with Crippen molar-refractivity contribution in [2.75, 3.05) is 13.1 Å². The molecule has 0 aromatic heterocycles. The van der Waals surface area contributed by atoms with Crippen LogP contribution >= 0.6 is 0 Å². The van der Waals surface area contributed by atoms with E-state index in [0.717, 1.165) is 0 Å². The number of hydrogen-bond donors (Lipinski definition) is 12. The van der Waals surface area contributed by atoms with Gasteiger partial charge in [-0.25, -0.2) is 0 Å². The summed E-state index contributed by atoms with van der Waals surface area (Å²) in [7, 11) is 0. The highest BCUT2D eigenvalue weighted by atomic mass is 16.8. The molecule has 4 rings (SSSR count). The summed E-state index contributed by atoms with van der Waals surface area (Å²) in [5.41, 5.74) is 35.7. The average molecular weight is 599 g/mol. The normalized spacial score (nSPS) is 54.8. The standard InChI is InChI=1S/C23H46N6O12/c1-5-18(39-21-10(28)15(33)13(31)8(3-24)37-21)17(35)23(36-5)41-20-12(30)6(26)2-7(27)19(20)40-22-11(29)16(34)14(32)9(4-25)38-22/h5-23,30-35H,2-4,24-29H2,1H3/t5-,6-,7?,8+,9?,10?,11?,12?,13-,14-,15?,16-,17?,18+,19-,20-,21-,22-,23+/m1/s1. The summed E-state index contributed by atoms with van der Waals surface area (Å²) in [5.74, 6) is 0. The molecule has 19 atom stereocenters. The zero-order chi connectivity index (χ0) is 30.3. The molecule has 4 aliphatic rings. The van der Waals surface area contributed by atoms with Gasteiger partial charge >= 0.3 is 0 Å². The number of aliphatic hydroxyl groups excluding tert-OH is 6. The Morgan fingerprint density at radius 2 is 1.02 bits per heavy atom. The van der Waals surface area contributed by atoms with Crippen LogP contribution in [0.25, 0.3) is 0 Å². The van der Waals surface area contributed by atoms with Crippen molar-refractivity contribution in [3.63, 3.8) is 0 Å². The van der Waals surface area contributed by atoms with Crippen molar-refractivity contribution in [1.29, 1.82) is 0 Å². The van der Waals surface area contributed by atoms with E-state index < -0.39 is 116 Å². The maximum Gasteiger partial charge on any atom is 0.187 e. The van der Waals surface area contributed by atoms with Gasteiger partial charge in [0, 0.05) is 25.2 Å². The molecule has 3 heterocycles. The molecule has 0 radical (unpaired) electrons. The summed E-state index contributed by atoms with van der Waals surface area (Å²) in [6.07, 6.45) is -18.2. The van der Waals surface area contributed by atoms with Gasteiger partial charge in [0.25, 0.3) is 0 Å². The zero-order valence-electron chi connectivity index (χ0n) is 22.7. The highest BCUT2D eigenvalue weighted by Crippen LogP contribution is 2.34. The molecule has 41 heavy (non-hydrogen) atoms. The fraction of sp³-hybridized carbons (Fsp3) is 1.00. The minimum Gasteiger partial charge on any atom is -0.389 e. The molecule has 7 unspecified atom stereocenters. The predicted octanol–water partition coefficient (Wildman–Crippen LogP) is -7.87. The largest absolute Gasteiger partial charge is 0.389 e. The number of hydrogen-bond acceptors (Lipinski definition) is 18. The Kier molecular flexibility index (Phi) is 10.9. The van der Waals surface area contributed by atoms with Crippen LogP contribution in [0.15, 0.2) is 0 Å². The van der Waals surface area contributed by atoms with Crippen molar-refractivity contribution < 1.29 is 59.1 Å². The van der Waals surface area contributed by atoms with Gasteiger partial charge < -0.3 is 93.5 Å². The number of rotatable bonds is 8. The van der Waals surface area contributed by atoms with E-state index in [1.807, 2.05) is 0 Å². The summed E-state index contributed by atoms with van der Waals surface area (Å²) in [6, 6.07) is -3.97. The fourth-order valence-corrected chi connectivity index (χ4v) is 5.72. The molecule has 0 amide bonds. The molecule has 0 aromatic rings. The Labute approximate surface area is 236 Å². The first-order valence-electron chi connectivity index (χ1n) is 13.7. The van der Waals surface area contributed by atoms with Crippen molar-refractivity contribution in [3.05, 3.63) is 0 Å². The lowest BCUT2D eigenvalue weighted by atomic mass is 9.84. The van der Waals surface area contributed by atoms with E-state index in [2.05, 4.69) is 0 Å². The van der Waals surface area contributed by atoms with Crippen molar-refractivity contribution in [3.8, 4) is 0 Å². The van der Waals surface area contributed by atoms with Crippen LogP contribution in [0.2, 0.25) is 0 Å². The second kappa shape index (κ2) is 13.5. The van der Waals surface area contributed by atoms with Crippen LogP contribution < -0.4 is 34.4 Å². The first-order chi connectivity index (χ1) is 19.3. The lowest BCUT2D eigenvalue weighted by Crippen LogP contribution is -2.68. The van der Waals surface area contributed by atoms with Crippen LogP contribution in [0.5, 0.6) is 0 Å². The van der Waals surface area contributed by atoms with Gasteiger partial charge in [-0.05, 0) is 13.3 Å². The van der Waals surface area contributed by atoms with E-state index in [-0.39, 0.29) is 19.5 Å². The van der Waals surface area contributed by atoms with Crippen molar-refractivity contribution in [2.45, 2.75) is 130 Å². The van der Waals surface area contributed by atoms with Crippen molar-refractivity contribution >= 4 is 0 Å². The number of nitrogens with two attached hydrogens (primary N) is 6. The second-order valence-electron chi connectivity index (χ2n) is 11.2. The Balaban J connectivity index is 1.47. The molecular weight excluding hydrogens is 552 g/mol. The minimum absolute atomic E-state index is 0.117. The molecule has 18 N–H and O–H groups in total. The smallest absolute Gasteiger partial charge is 0.187 e. The van der Waals surface area contributed by atoms with Gasteiger partial charge in [0.15, 0.2) is 18.9 Å². The van der Waals surface area contributed by atoms with Gasteiger partial charge in [-0.15, -0.1) is 0 Å². The van der Waals surface area contributed by atoms with Crippen LogP contribution in [-0.4, -0.2) is 160 Å². The Hall–Kier alpha value is -0.720. The molecule has 4 fully saturated rings. The topological polar surface area (TPSA) is 333 Å². The molecule has 0 bridgehead atoms. The van der Waals surface area contributed by atoms with E-state index in [1.165, 1.54) is 0 Å². The summed E-state index contributed by atoms with van der Waals surface area (Å²) >= 11 is 0. The highest BCUT2D eigenvalue weighted by molar-refractivity contribution is 5.02. The molecule has 3 saturated heterocycles. The molecule has 1 aliphatic carbocycles. The minimum atomic E-state index is -1.45. The molecular formula is C23H46N6O12. The zero-order valence-corrected chi connectivity index (χ0v) is 22.7. The predicted molar refractivity (Wildman–Crippen MR) is 137 cm³/mol. The quantitative estimate of drug-likeness (QED) is 0.123. The molecule has 18 nitrogen and oxygen atoms in total. The van der Waals surface area contributed by atoms with Crippen LogP contribution in [0, 0.1) is 0 Å². The molecule has 0 aromatic carbocycles. The molecule has 3 aliphatic heterocycles. The monoisotopic (exact) mass is 598 g/mol. The summed E-state index contributed by atoms with van der Waals surface area (Å²) in [5, 5.41) is 63.0. The van der Waals surface area contributed by atoms with Gasteiger partial charge in [-0.1, -0.05) is 0 Å². The van der Waals surface area contributed by atoms with E-state index in [4.69, 9.17) is 62.8 Å². The lowest BCUT2D eigenvalue weighted by Gasteiger charge is -2.47. The second-order valence-corrected chi connectivity index (χ2v) is 11.2. The lowest BCUT2D eigenvalue weighted by molar-refractivity contribution is -0.306. The molecule has 240 valence electrons. The molecule has 1 saturated carbocycles. The summed E-state index contributed by atoms with van der Waals surface area (Å²) in [4.78, 5) is 0. The first-order valence-corrected chi connectivity index (χ1v) is 13.7. The highest BCUT2D eigenvalue weighted by Gasteiger charge is 2.53. The van der Waals surface area contributed by atoms with Crippen molar-refractivity contribution in [2.24, 2.45) is 34.4 Å². The summed E-state index contributed by atoms with van der Waals surface area (Å²) in [6.45, 7) is 1.34. The van der Waals surface area contributed by atoms with Crippen LogP contribution in [0.4, 0.5) is 0 Å². The maximum absolute atomic E-state index is 11.1. The van der Waals surface area contributed by atoms with Gasteiger partial charge in [-0.2, -0.15) is 0 Å². The third kappa shape index (κ3) is 6.55. The van der Waals surface area contributed by atoms with Crippen LogP contribution in [-0.2, 0) is 28.4 Å². The van der Waals surface area contributed by atoms with Crippen LogP contribution in [0.3, 0.4) is 0 Å². The summed E-state index contributed by atoms with van der Waals surface area (Å²) < 4.78 is 34.9. The SMILES string of the molecule is C[C@H]1O[C@@H](O[C@@H]2C(O)[C@H](N)CC(N)[C@H]2O[C@H]2OC(CN)[C@@H](O)[C@H](O)C2N)C(O)[C@H]1O[C@H]1O[C@@H](CN)[C@@H](O)C(O)C1N. The van der Waals surface area contributed by atoms with E-state index in [1.54, 1.807) is 6.92 Å². The number of aliphatic hydroxyl groups is 6. The van der Waals surface area contributed by atoms with Crippen molar-refractivity contribution in [1.82, 2.24) is 0 Å².